The number of carbonyl (C=O) groups is 1. The van der Waals surface area contributed by atoms with Crippen molar-refractivity contribution in [1.29, 1.82) is 0 Å². The van der Waals surface area contributed by atoms with Crippen molar-refractivity contribution in [1.82, 2.24) is 10.6 Å². The number of esters is 1. The van der Waals surface area contributed by atoms with Crippen LogP contribution in [0, 0.1) is 0 Å². The van der Waals surface area contributed by atoms with E-state index in [1.165, 1.54) is 7.11 Å². The number of aliphatic imine (C=N–C) groups is 1. The van der Waals surface area contributed by atoms with E-state index in [1.807, 2.05) is 31.2 Å². The lowest BCUT2D eigenvalue weighted by molar-refractivity contribution is -0.140. The van der Waals surface area contributed by atoms with Gasteiger partial charge in [-0.25, -0.2) is 4.99 Å². The summed E-state index contributed by atoms with van der Waals surface area (Å²) in [4.78, 5) is 15.5. The molecule has 1 aromatic rings. The molecule has 0 aliphatic rings. The van der Waals surface area contributed by atoms with Gasteiger partial charge in [-0.05, 0) is 24.6 Å². The zero-order valence-electron chi connectivity index (χ0n) is 13.2. The molecule has 0 saturated heterocycles. The number of ether oxygens (including phenoxy) is 2. The molecule has 0 aromatic heterocycles. The fraction of sp³-hybridized carbons (Fsp3) is 0.467. The van der Waals surface area contributed by atoms with E-state index in [0.717, 1.165) is 17.9 Å². The van der Waals surface area contributed by atoms with E-state index >= 15 is 0 Å². The smallest absolute Gasteiger partial charge is 0.307 e. The van der Waals surface area contributed by atoms with Crippen LogP contribution in [0.25, 0.3) is 0 Å². The van der Waals surface area contributed by atoms with Crippen LogP contribution in [0.15, 0.2) is 29.3 Å². The molecule has 0 spiro atoms. The molecule has 1 aromatic carbocycles. The predicted molar refractivity (Wildman–Crippen MR) is 97.9 cm³/mol. The van der Waals surface area contributed by atoms with Crippen LogP contribution in [-0.4, -0.2) is 39.2 Å². The van der Waals surface area contributed by atoms with Gasteiger partial charge < -0.3 is 20.1 Å². The van der Waals surface area contributed by atoms with Crippen molar-refractivity contribution < 1.29 is 14.3 Å². The summed E-state index contributed by atoms with van der Waals surface area (Å²) in [5, 5.41) is 6.22. The third-order valence-electron chi connectivity index (χ3n) is 2.77. The molecule has 0 heterocycles. The van der Waals surface area contributed by atoms with Crippen LogP contribution in [-0.2, 0) is 16.1 Å². The van der Waals surface area contributed by atoms with Gasteiger partial charge >= 0.3 is 5.97 Å². The highest BCUT2D eigenvalue weighted by Crippen LogP contribution is 2.11. The lowest BCUT2D eigenvalue weighted by atomic mass is 10.2. The number of hydrogen-bond donors (Lipinski definition) is 2. The number of nitrogens with zero attached hydrogens (tertiary/aromatic N) is 1. The van der Waals surface area contributed by atoms with Crippen LogP contribution in [0.4, 0.5) is 0 Å². The molecule has 0 bridgehead atoms. The summed E-state index contributed by atoms with van der Waals surface area (Å²) in [6.45, 7) is 3.79. The molecule has 0 saturated carbocycles. The Hall–Kier alpha value is -1.51. The Labute approximate surface area is 148 Å². The number of hydrogen-bond acceptors (Lipinski definition) is 4. The minimum atomic E-state index is -0.242. The van der Waals surface area contributed by atoms with E-state index in [9.17, 15) is 4.79 Å². The second-order valence-corrected chi connectivity index (χ2v) is 4.30. The van der Waals surface area contributed by atoms with Crippen LogP contribution in [0.1, 0.15) is 18.9 Å². The molecule has 0 aliphatic heterocycles. The average molecular weight is 421 g/mol. The number of rotatable bonds is 7. The van der Waals surface area contributed by atoms with Crippen molar-refractivity contribution in [3.8, 4) is 5.75 Å². The molecular weight excluding hydrogens is 397 g/mol. The first-order chi connectivity index (χ1) is 10.2. The predicted octanol–water partition coefficient (Wildman–Crippen LogP) is 1.93. The number of nitrogens with one attached hydrogen (secondary N) is 2. The van der Waals surface area contributed by atoms with Crippen molar-refractivity contribution in [3.05, 3.63) is 29.8 Å². The van der Waals surface area contributed by atoms with Crippen LogP contribution in [0.2, 0.25) is 0 Å². The van der Waals surface area contributed by atoms with Gasteiger partial charge in [0.1, 0.15) is 5.75 Å². The molecule has 124 valence electrons. The Bertz CT molecular complexity index is 464. The number of guanidine groups is 1. The zero-order chi connectivity index (χ0) is 15.5. The molecule has 0 amide bonds. The van der Waals surface area contributed by atoms with Gasteiger partial charge in [0.25, 0.3) is 0 Å². The van der Waals surface area contributed by atoms with Gasteiger partial charge in [0.2, 0.25) is 0 Å². The standard InChI is InChI=1S/C15H23N3O3.HI/c1-4-16-15(17-10-9-14(19)21-3)18-11-12-5-7-13(20-2)8-6-12;/h5-8H,4,9-11H2,1-3H3,(H2,16,17,18);1H. The van der Waals surface area contributed by atoms with E-state index < -0.39 is 0 Å². The average Bonchev–Trinajstić information content (AvgIpc) is 2.52. The lowest BCUT2D eigenvalue weighted by Gasteiger charge is -2.10. The first-order valence-electron chi connectivity index (χ1n) is 6.91. The van der Waals surface area contributed by atoms with Gasteiger partial charge in [0.05, 0.1) is 27.2 Å². The van der Waals surface area contributed by atoms with Crippen LogP contribution >= 0.6 is 24.0 Å². The molecule has 0 radical (unpaired) electrons. The number of benzene rings is 1. The second-order valence-electron chi connectivity index (χ2n) is 4.30. The minimum absolute atomic E-state index is 0. The van der Waals surface area contributed by atoms with Crippen molar-refractivity contribution in [3.63, 3.8) is 0 Å². The molecule has 0 aliphatic carbocycles. The third-order valence-corrected chi connectivity index (χ3v) is 2.77. The molecule has 22 heavy (non-hydrogen) atoms. The second kappa shape index (κ2) is 12.1. The maximum absolute atomic E-state index is 11.1. The fourth-order valence-electron chi connectivity index (χ4n) is 1.63. The van der Waals surface area contributed by atoms with Crippen LogP contribution < -0.4 is 15.4 Å². The highest BCUT2D eigenvalue weighted by Gasteiger charge is 2.02. The first kappa shape index (κ1) is 20.5. The van der Waals surface area contributed by atoms with Gasteiger partial charge in [0, 0.05) is 13.1 Å². The Kier molecular flexibility index (Phi) is 11.2. The molecule has 7 heteroatoms. The lowest BCUT2D eigenvalue weighted by Crippen LogP contribution is -2.38. The van der Waals surface area contributed by atoms with Crippen molar-refractivity contribution >= 4 is 35.9 Å². The summed E-state index contributed by atoms with van der Waals surface area (Å²) in [7, 11) is 3.02. The monoisotopic (exact) mass is 421 g/mol. The number of halogens is 1. The molecule has 0 fully saturated rings. The Balaban J connectivity index is 0.00000441. The maximum Gasteiger partial charge on any atom is 0.307 e. The van der Waals surface area contributed by atoms with Gasteiger partial charge in [-0.3, -0.25) is 4.79 Å². The van der Waals surface area contributed by atoms with E-state index in [2.05, 4.69) is 20.4 Å². The Morgan fingerprint density at radius 1 is 1.18 bits per heavy atom. The summed E-state index contributed by atoms with van der Waals surface area (Å²) in [5.41, 5.74) is 1.08. The number of carbonyl (C=O) groups excluding carboxylic acids is 1. The van der Waals surface area contributed by atoms with Gasteiger partial charge in [-0.2, -0.15) is 0 Å². The van der Waals surface area contributed by atoms with Crippen molar-refractivity contribution in [2.24, 2.45) is 4.99 Å². The van der Waals surface area contributed by atoms with Gasteiger partial charge in [0.15, 0.2) is 5.96 Å². The molecule has 0 unspecified atom stereocenters. The summed E-state index contributed by atoms with van der Waals surface area (Å²) in [6.07, 6.45) is 0.309. The first-order valence-corrected chi connectivity index (χ1v) is 6.91. The van der Waals surface area contributed by atoms with Crippen LogP contribution in [0.5, 0.6) is 5.75 Å². The highest BCUT2D eigenvalue weighted by atomic mass is 127. The molecule has 2 N–H and O–H groups in total. The van der Waals surface area contributed by atoms with Gasteiger partial charge in [-0.15, -0.1) is 24.0 Å². The third kappa shape index (κ3) is 8.06. The van der Waals surface area contributed by atoms with E-state index in [-0.39, 0.29) is 29.9 Å². The summed E-state index contributed by atoms with van der Waals surface area (Å²) in [5.74, 6) is 1.26. The summed E-state index contributed by atoms with van der Waals surface area (Å²) >= 11 is 0. The van der Waals surface area contributed by atoms with Crippen LogP contribution in [0.3, 0.4) is 0 Å². The quantitative estimate of drug-likeness (QED) is 0.305. The molecule has 0 atom stereocenters. The molecule has 1 rings (SSSR count). The Morgan fingerprint density at radius 3 is 2.41 bits per heavy atom. The topological polar surface area (TPSA) is 72.0 Å². The van der Waals surface area contributed by atoms with Crippen molar-refractivity contribution in [2.45, 2.75) is 19.9 Å². The zero-order valence-corrected chi connectivity index (χ0v) is 15.5. The minimum Gasteiger partial charge on any atom is -0.497 e. The van der Waals surface area contributed by atoms with Crippen molar-refractivity contribution in [2.75, 3.05) is 27.3 Å². The SMILES string of the molecule is CCNC(=NCc1ccc(OC)cc1)NCCC(=O)OC.I. The van der Waals surface area contributed by atoms with E-state index in [0.29, 0.717) is 25.5 Å². The van der Waals surface area contributed by atoms with Gasteiger partial charge in [-0.1, -0.05) is 12.1 Å². The fourth-order valence-corrected chi connectivity index (χ4v) is 1.63. The highest BCUT2D eigenvalue weighted by molar-refractivity contribution is 14.0. The normalized spacial score (nSPS) is 10.4. The summed E-state index contributed by atoms with van der Waals surface area (Å²) in [6, 6.07) is 7.76. The maximum atomic E-state index is 11.1. The molecule has 6 nitrogen and oxygen atoms in total. The summed E-state index contributed by atoms with van der Waals surface area (Å²) < 4.78 is 9.71. The van der Waals surface area contributed by atoms with E-state index in [4.69, 9.17) is 4.74 Å². The Morgan fingerprint density at radius 2 is 1.86 bits per heavy atom. The van der Waals surface area contributed by atoms with E-state index in [1.54, 1.807) is 7.11 Å². The number of methoxy groups -OCH3 is 2. The largest absolute Gasteiger partial charge is 0.497 e. The molecular formula is C15H24IN3O3.